The van der Waals surface area contributed by atoms with Crippen molar-refractivity contribution >= 4 is 12.6 Å². The highest BCUT2D eigenvalue weighted by molar-refractivity contribution is 5.83. The van der Waals surface area contributed by atoms with Crippen LogP contribution in [0.25, 0.3) is 0 Å². The van der Waals surface area contributed by atoms with Crippen LogP contribution < -0.4 is 0 Å². The van der Waals surface area contributed by atoms with Gasteiger partial charge in [0.25, 0.3) is 0 Å². The molecule has 2 nitrogen and oxygen atoms in total. The van der Waals surface area contributed by atoms with E-state index in [2.05, 4.69) is 27.7 Å². The molecule has 0 aliphatic heterocycles. The molecule has 94 valence electrons. The average Bonchev–Trinajstić information content (AvgIpc) is 2.22. The van der Waals surface area contributed by atoms with Gasteiger partial charge in [-0.2, -0.15) is 0 Å². The molecule has 2 heteroatoms. The molecule has 0 unspecified atom stereocenters. The fraction of sp³-hybridized carbons (Fsp3) is 0.857. The summed E-state index contributed by atoms with van der Waals surface area (Å²) >= 11 is 0. The number of hydrogen-bond acceptors (Lipinski definition) is 2. The number of hydrogen-bond donors (Lipinski definition) is 0. The summed E-state index contributed by atoms with van der Waals surface area (Å²) in [6.45, 7) is 8.49. The molecule has 0 atom stereocenters. The SMILES string of the molecule is CC(C)CCCCC(C=O)(C=O)CC(C)C. The largest absolute Gasteiger partial charge is 0.302 e. The minimum atomic E-state index is -0.717. The second kappa shape index (κ2) is 7.59. The predicted octanol–water partition coefficient (Wildman–Crippen LogP) is 3.63. The quantitative estimate of drug-likeness (QED) is 0.342. The normalized spacial score (nSPS) is 12.1. The third kappa shape index (κ3) is 6.04. The molecule has 0 saturated heterocycles. The van der Waals surface area contributed by atoms with E-state index in [4.69, 9.17) is 0 Å². The Labute approximate surface area is 99.8 Å². The molecular formula is C14H26O2. The van der Waals surface area contributed by atoms with Crippen molar-refractivity contribution in [3.8, 4) is 0 Å². The highest BCUT2D eigenvalue weighted by atomic mass is 16.1. The van der Waals surface area contributed by atoms with E-state index in [9.17, 15) is 9.59 Å². The van der Waals surface area contributed by atoms with Crippen molar-refractivity contribution in [1.29, 1.82) is 0 Å². The first kappa shape index (κ1) is 15.3. The van der Waals surface area contributed by atoms with Gasteiger partial charge in [0, 0.05) is 0 Å². The van der Waals surface area contributed by atoms with Crippen molar-refractivity contribution in [2.75, 3.05) is 0 Å². The fourth-order valence-electron chi connectivity index (χ4n) is 2.11. The smallest absolute Gasteiger partial charge is 0.133 e. The summed E-state index contributed by atoms with van der Waals surface area (Å²) in [6, 6.07) is 0. The summed E-state index contributed by atoms with van der Waals surface area (Å²) in [5.74, 6) is 1.09. The number of carbonyl (C=O) groups is 2. The summed E-state index contributed by atoms with van der Waals surface area (Å²) in [6.07, 6.45) is 6.37. The molecule has 0 aliphatic carbocycles. The monoisotopic (exact) mass is 226 g/mol. The molecule has 0 aromatic heterocycles. The van der Waals surface area contributed by atoms with E-state index < -0.39 is 5.41 Å². The highest BCUT2D eigenvalue weighted by Crippen LogP contribution is 2.28. The van der Waals surface area contributed by atoms with Crippen LogP contribution in [0, 0.1) is 17.3 Å². The van der Waals surface area contributed by atoms with E-state index in [1.54, 1.807) is 0 Å². The van der Waals surface area contributed by atoms with Crippen LogP contribution in [0.2, 0.25) is 0 Å². The Hall–Kier alpha value is -0.660. The maximum atomic E-state index is 11.1. The summed E-state index contributed by atoms with van der Waals surface area (Å²) in [7, 11) is 0. The molecule has 0 aromatic rings. The zero-order valence-electron chi connectivity index (χ0n) is 11.2. The second-order valence-electron chi connectivity index (χ2n) is 5.71. The van der Waals surface area contributed by atoms with Crippen molar-refractivity contribution in [2.45, 2.75) is 59.8 Å². The van der Waals surface area contributed by atoms with Crippen molar-refractivity contribution in [3.05, 3.63) is 0 Å². The standard InChI is InChI=1S/C14H26O2/c1-12(2)7-5-6-8-14(10-15,11-16)9-13(3)4/h10-13H,5-9H2,1-4H3. The summed E-state index contributed by atoms with van der Waals surface area (Å²) in [5, 5.41) is 0. The Morgan fingerprint density at radius 3 is 1.88 bits per heavy atom. The van der Waals surface area contributed by atoms with E-state index in [1.807, 2.05) is 0 Å². The van der Waals surface area contributed by atoms with E-state index >= 15 is 0 Å². The van der Waals surface area contributed by atoms with Crippen LogP contribution in [0.4, 0.5) is 0 Å². The van der Waals surface area contributed by atoms with Gasteiger partial charge in [0.2, 0.25) is 0 Å². The molecule has 0 rings (SSSR count). The summed E-state index contributed by atoms with van der Waals surface area (Å²) in [4.78, 5) is 22.2. The predicted molar refractivity (Wildman–Crippen MR) is 67.3 cm³/mol. The van der Waals surface area contributed by atoms with Gasteiger partial charge in [-0.05, 0) is 24.7 Å². The van der Waals surface area contributed by atoms with Crippen LogP contribution in [0.1, 0.15) is 59.8 Å². The zero-order valence-corrected chi connectivity index (χ0v) is 11.2. The molecule has 0 aromatic carbocycles. The molecule has 0 bridgehead atoms. The first-order valence-corrected chi connectivity index (χ1v) is 6.38. The van der Waals surface area contributed by atoms with Gasteiger partial charge < -0.3 is 9.59 Å². The van der Waals surface area contributed by atoms with E-state index in [1.165, 1.54) is 6.42 Å². The molecule has 0 radical (unpaired) electrons. The lowest BCUT2D eigenvalue weighted by Gasteiger charge is -2.23. The molecule has 16 heavy (non-hydrogen) atoms. The molecule has 0 N–H and O–H groups in total. The van der Waals surface area contributed by atoms with Gasteiger partial charge in [-0.3, -0.25) is 0 Å². The Morgan fingerprint density at radius 1 is 0.938 bits per heavy atom. The summed E-state index contributed by atoms with van der Waals surface area (Å²) < 4.78 is 0. The van der Waals surface area contributed by atoms with Crippen molar-refractivity contribution in [2.24, 2.45) is 17.3 Å². The maximum Gasteiger partial charge on any atom is 0.133 e. The maximum absolute atomic E-state index is 11.1. The first-order valence-electron chi connectivity index (χ1n) is 6.38. The summed E-state index contributed by atoms with van der Waals surface area (Å²) in [5.41, 5.74) is -0.717. The van der Waals surface area contributed by atoms with Gasteiger partial charge in [-0.15, -0.1) is 0 Å². The van der Waals surface area contributed by atoms with E-state index in [0.29, 0.717) is 24.7 Å². The Balaban J connectivity index is 4.12. The lowest BCUT2D eigenvalue weighted by atomic mass is 9.78. The molecule has 0 amide bonds. The zero-order chi connectivity index (χ0) is 12.6. The molecule has 0 saturated carbocycles. The van der Waals surface area contributed by atoms with Crippen LogP contribution in [-0.2, 0) is 9.59 Å². The third-order valence-electron chi connectivity index (χ3n) is 2.93. The molecular weight excluding hydrogens is 200 g/mol. The van der Waals surface area contributed by atoms with Crippen LogP contribution in [0.3, 0.4) is 0 Å². The van der Waals surface area contributed by atoms with E-state index in [0.717, 1.165) is 25.4 Å². The average molecular weight is 226 g/mol. The first-order chi connectivity index (χ1) is 7.45. The lowest BCUT2D eigenvalue weighted by Crippen LogP contribution is -2.26. The van der Waals surface area contributed by atoms with Crippen LogP contribution in [0.5, 0.6) is 0 Å². The number of unbranched alkanes of at least 4 members (excludes halogenated alkanes) is 1. The van der Waals surface area contributed by atoms with E-state index in [-0.39, 0.29) is 0 Å². The lowest BCUT2D eigenvalue weighted by molar-refractivity contribution is -0.127. The molecule has 0 spiro atoms. The van der Waals surface area contributed by atoms with Gasteiger partial charge >= 0.3 is 0 Å². The Bertz CT molecular complexity index is 199. The molecule has 0 fully saturated rings. The highest BCUT2D eigenvalue weighted by Gasteiger charge is 2.29. The van der Waals surface area contributed by atoms with Crippen molar-refractivity contribution in [3.63, 3.8) is 0 Å². The van der Waals surface area contributed by atoms with Crippen LogP contribution in [0.15, 0.2) is 0 Å². The Kier molecular flexibility index (Phi) is 7.27. The second-order valence-corrected chi connectivity index (χ2v) is 5.71. The van der Waals surface area contributed by atoms with Gasteiger partial charge in [-0.1, -0.05) is 47.0 Å². The van der Waals surface area contributed by atoms with Crippen LogP contribution >= 0.6 is 0 Å². The van der Waals surface area contributed by atoms with Crippen LogP contribution in [-0.4, -0.2) is 12.6 Å². The third-order valence-corrected chi connectivity index (χ3v) is 2.93. The van der Waals surface area contributed by atoms with Gasteiger partial charge in [0.1, 0.15) is 12.6 Å². The fourth-order valence-corrected chi connectivity index (χ4v) is 2.11. The number of aldehydes is 2. The number of carbonyl (C=O) groups excluding carboxylic acids is 2. The number of rotatable bonds is 9. The minimum absolute atomic E-state index is 0.389. The van der Waals surface area contributed by atoms with Crippen molar-refractivity contribution in [1.82, 2.24) is 0 Å². The minimum Gasteiger partial charge on any atom is -0.302 e. The van der Waals surface area contributed by atoms with Gasteiger partial charge in [0.05, 0.1) is 5.41 Å². The molecule has 0 heterocycles. The molecule has 0 aliphatic rings. The Morgan fingerprint density at radius 2 is 1.50 bits per heavy atom. The van der Waals surface area contributed by atoms with Gasteiger partial charge in [0.15, 0.2) is 0 Å². The van der Waals surface area contributed by atoms with Crippen molar-refractivity contribution < 1.29 is 9.59 Å². The topological polar surface area (TPSA) is 34.1 Å². The van der Waals surface area contributed by atoms with Gasteiger partial charge in [-0.25, -0.2) is 0 Å².